The van der Waals surface area contributed by atoms with E-state index in [2.05, 4.69) is 10.6 Å². The van der Waals surface area contributed by atoms with Gasteiger partial charge in [0, 0.05) is 11.3 Å². The first-order valence-electron chi connectivity index (χ1n) is 8.65. The van der Waals surface area contributed by atoms with Crippen molar-refractivity contribution in [1.29, 1.82) is 0 Å². The molecule has 1 atom stereocenters. The number of aryl methyl sites for hydroxylation is 3. The lowest BCUT2D eigenvalue weighted by molar-refractivity contribution is -0.118. The Hall–Kier alpha value is -2.27. The van der Waals surface area contributed by atoms with Crippen LogP contribution in [0.5, 0.6) is 0 Å². The van der Waals surface area contributed by atoms with Crippen LogP contribution in [0.15, 0.2) is 42.5 Å². The Bertz CT molecular complexity index is 789. The Morgan fingerprint density at radius 1 is 1.04 bits per heavy atom. The van der Waals surface area contributed by atoms with Crippen molar-refractivity contribution in [2.24, 2.45) is 0 Å². The van der Waals surface area contributed by atoms with Crippen molar-refractivity contribution in [1.82, 2.24) is 5.32 Å². The normalized spacial score (nSPS) is 11.7. The van der Waals surface area contributed by atoms with Gasteiger partial charge in [-0.25, -0.2) is 0 Å². The summed E-state index contributed by atoms with van der Waals surface area (Å²) in [7, 11) is 0. The number of thioether (sulfide) groups is 1. The van der Waals surface area contributed by atoms with Crippen LogP contribution in [0.4, 0.5) is 5.69 Å². The fraction of sp³-hybridized carbons (Fsp3) is 0.333. The fourth-order valence-corrected chi connectivity index (χ4v) is 3.05. The predicted molar refractivity (Wildman–Crippen MR) is 110 cm³/mol. The standard InChI is InChI=1S/C21H26N2O2S/c1-14-6-5-7-17(12-14)20(24)23-19(10-11-26-4)21(25)22-18-9-8-15(2)16(3)13-18/h5-9,12-13,19H,10-11H2,1-4H3,(H,22,25)(H,23,24). The molecule has 4 nitrogen and oxygen atoms in total. The monoisotopic (exact) mass is 370 g/mol. The molecule has 0 aliphatic heterocycles. The largest absolute Gasteiger partial charge is 0.340 e. The molecule has 138 valence electrons. The average molecular weight is 371 g/mol. The van der Waals surface area contributed by atoms with Crippen LogP contribution in [0.2, 0.25) is 0 Å². The molecule has 0 saturated carbocycles. The molecular formula is C21H26N2O2S. The van der Waals surface area contributed by atoms with Crippen molar-refractivity contribution in [3.8, 4) is 0 Å². The highest BCUT2D eigenvalue weighted by molar-refractivity contribution is 7.98. The molecule has 5 heteroatoms. The topological polar surface area (TPSA) is 58.2 Å². The molecule has 26 heavy (non-hydrogen) atoms. The van der Waals surface area contributed by atoms with Crippen LogP contribution in [0.1, 0.15) is 33.5 Å². The lowest BCUT2D eigenvalue weighted by Gasteiger charge is -2.19. The maximum Gasteiger partial charge on any atom is 0.251 e. The number of carbonyl (C=O) groups is 2. The summed E-state index contributed by atoms with van der Waals surface area (Å²) in [5.41, 5.74) is 4.62. The number of hydrogen-bond donors (Lipinski definition) is 2. The third-order valence-corrected chi connectivity index (χ3v) is 4.93. The Labute approximate surface area is 159 Å². The minimum Gasteiger partial charge on any atom is -0.340 e. The molecule has 0 spiro atoms. The van der Waals surface area contributed by atoms with Gasteiger partial charge in [-0.1, -0.05) is 23.8 Å². The zero-order chi connectivity index (χ0) is 19.1. The third-order valence-electron chi connectivity index (χ3n) is 4.29. The lowest BCUT2D eigenvalue weighted by atomic mass is 10.1. The zero-order valence-electron chi connectivity index (χ0n) is 15.8. The van der Waals surface area contributed by atoms with Crippen LogP contribution < -0.4 is 10.6 Å². The smallest absolute Gasteiger partial charge is 0.251 e. The van der Waals surface area contributed by atoms with Gasteiger partial charge >= 0.3 is 0 Å². The third kappa shape index (κ3) is 5.63. The van der Waals surface area contributed by atoms with Gasteiger partial charge in [-0.2, -0.15) is 11.8 Å². The van der Waals surface area contributed by atoms with Gasteiger partial charge in [-0.15, -0.1) is 0 Å². The average Bonchev–Trinajstić information content (AvgIpc) is 2.61. The van der Waals surface area contributed by atoms with E-state index in [-0.39, 0.29) is 11.8 Å². The molecule has 0 bridgehead atoms. The molecule has 0 saturated heterocycles. The number of carbonyl (C=O) groups excluding carboxylic acids is 2. The van der Waals surface area contributed by atoms with Gasteiger partial charge in [0.25, 0.3) is 5.91 Å². The van der Waals surface area contributed by atoms with Gasteiger partial charge in [0.1, 0.15) is 6.04 Å². The van der Waals surface area contributed by atoms with Gasteiger partial charge in [0.15, 0.2) is 0 Å². The number of anilines is 1. The first kappa shape index (κ1) is 20.0. The minimum absolute atomic E-state index is 0.191. The molecule has 0 aliphatic carbocycles. The van der Waals surface area contributed by atoms with E-state index >= 15 is 0 Å². The molecule has 2 N–H and O–H groups in total. The molecule has 2 amide bonds. The summed E-state index contributed by atoms with van der Waals surface area (Å²) in [6, 6.07) is 12.6. The predicted octanol–water partition coefficient (Wildman–Crippen LogP) is 4.10. The summed E-state index contributed by atoms with van der Waals surface area (Å²) in [6.45, 7) is 5.98. The van der Waals surface area contributed by atoms with Crippen molar-refractivity contribution >= 4 is 29.3 Å². The quantitative estimate of drug-likeness (QED) is 0.771. The number of nitrogens with one attached hydrogen (secondary N) is 2. The Morgan fingerprint density at radius 3 is 2.46 bits per heavy atom. The molecule has 2 aromatic carbocycles. The van der Waals surface area contributed by atoms with E-state index in [0.717, 1.165) is 22.6 Å². The number of hydrogen-bond acceptors (Lipinski definition) is 3. The SMILES string of the molecule is CSCCC(NC(=O)c1cccc(C)c1)C(=O)Nc1ccc(C)c(C)c1. The van der Waals surface area contributed by atoms with Gasteiger partial charge in [0.05, 0.1) is 0 Å². The van der Waals surface area contributed by atoms with Gasteiger partial charge < -0.3 is 10.6 Å². The van der Waals surface area contributed by atoms with Crippen molar-refractivity contribution in [2.75, 3.05) is 17.3 Å². The van der Waals surface area contributed by atoms with Crippen molar-refractivity contribution in [2.45, 2.75) is 33.2 Å². The Balaban J connectivity index is 2.10. The maximum absolute atomic E-state index is 12.7. The van der Waals surface area contributed by atoms with Crippen molar-refractivity contribution in [3.63, 3.8) is 0 Å². The van der Waals surface area contributed by atoms with Crippen LogP contribution in [0.3, 0.4) is 0 Å². The molecule has 2 rings (SSSR count). The Kier molecular flexibility index (Phi) is 7.27. The first-order chi connectivity index (χ1) is 12.4. The second-order valence-corrected chi connectivity index (χ2v) is 7.45. The lowest BCUT2D eigenvalue weighted by Crippen LogP contribution is -2.44. The van der Waals surface area contributed by atoms with Gasteiger partial charge in [-0.3, -0.25) is 9.59 Å². The summed E-state index contributed by atoms with van der Waals surface area (Å²) in [5.74, 6) is 0.373. The minimum atomic E-state index is -0.572. The summed E-state index contributed by atoms with van der Waals surface area (Å²) in [5, 5.41) is 5.80. The number of amides is 2. The van der Waals surface area contributed by atoms with E-state index < -0.39 is 6.04 Å². The summed E-state index contributed by atoms with van der Waals surface area (Å²) in [6.07, 6.45) is 2.57. The second kappa shape index (κ2) is 9.43. The Morgan fingerprint density at radius 2 is 1.81 bits per heavy atom. The van der Waals surface area contributed by atoms with Crippen molar-refractivity contribution < 1.29 is 9.59 Å². The molecular weight excluding hydrogens is 344 g/mol. The summed E-state index contributed by atoms with van der Waals surface area (Å²) < 4.78 is 0. The molecule has 0 radical (unpaired) electrons. The van der Waals surface area contributed by atoms with Gasteiger partial charge in [-0.05, 0) is 74.6 Å². The number of rotatable bonds is 7. The van der Waals surface area contributed by atoms with Crippen LogP contribution >= 0.6 is 11.8 Å². The van der Waals surface area contributed by atoms with E-state index in [4.69, 9.17) is 0 Å². The van der Waals surface area contributed by atoms with E-state index in [1.807, 2.05) is 63.4 Å². The van der Waals surface area contributed by atoms with E-state index in [1.54, 1.807) is 17.8 Å². The van der Waals surface area contributed by atoms with E-state index in [9.17, 15) is 9.59 Å². The second-order valence-electron chi connectivity index (χ2n) is 6.47. The van der Waals surface area contributed by atoms with E-state index in [0.29, 0.717) is 12.0 Å². The fourth-order valence-electron chi connectivity index (χ4n) is 2.58. The highest BCUT2D eigenvalue weighted by Gasteiger charge is 2.21. The molecule has 0 aliphatic rings. The molecule has 0 fully saturated rings. The molecule has 1 unspecified atom stereocenters. The first-order valence-corrected chi connectivity index (χ1v) is 10.0. The van der Waals surface area contributed by atoms with Crippen molar-refractivity contribution in [3.05, 3.63) is 64.7 Å². The van der Waals surface area contributed by atoms with Crippen LogP contribution in [0, 0.1) is 20.8 Å². The van der Waals surface area contributed by atoms with Crippen LogP contribution in [-0.2, 0) is 4.79 Å². The molecule has 0 aromatic heterocycles. The highest BCUT2D eigenvalue weighted by atomic mass is 32.2. The van der Waals surface area contributed by atoms with Crippen LogP contribution in [0.25, 0.3) is 0 Å². The van der Waals surface area contributed by atoms with Gasteiger partial charge in [0.2, 0.25) is 5.91 Å². The van der Waals surface area contributed by atoms with E-state index in [1.165, 1.54) is 5.56 Å². The number of benzene rings is 2. The molecule has 2 aromatic rings. The van der Waals surface area contributed by atoms with Crippen LogP contribution in [-0.4, -0.2) is 29.9 Å². The maximum atomic E-state index is 12.7. The highest BCUT2D eigenvalue weighted by Crippen LogP contribution is 2.15. The zero-order valence-corrected chi connectivity index (χ0v) is 16.6. The molecule has 0 heterocycles. The summed E-state index contributed by atoms with van der Waals surface area (Å²) >= 11 is 1.65. The summed E-state index contributed by atoms with van der Waals surface area (Å²) in [4.78, 5) is 25.2.